The van der Waals surface area contributed by atoms with Gasteiger partial charge in [-0.15, -0.1) is 13.2 Å². The summed E-state index contributed by atoms with van der Waals surface area (Å²) in [6, 6.07) is 3.20. The zero-order valence-electron chi connectivity index (χ0n) is 11.9. The van der Waals surface area contributed by atoms with Gasteiger partial charge in [0.1, 0.15) is 11.4 Å². The summed E-state index contributed by atoms with van der Waals surface area (Å²) in [4.78, 5) is 22.7. The third kappa shape index (κ3) is 6.07. The van der Waals surface area contributed by atoms with Crippen LogP contribution in [0.2, 0.25) is 5.02 Å². The number of ether oxygens (including phenoxy) is 3. The highest BCUT2D eigenvalue weighted by Crippen LogP contribution is 2.32. The molecule has 10 heteroatoms. The number of hydrogen-bond donors (Lipinski definition) is 1. The molecular weight excluding hydrogens is 343 g/mol. The normalized spacial score (nSPS) is 11.7. The molecule has 0 atom stereocenters. The van der Waals surface area contributed by atoms with Crippen molar-refractivity contribution in [1.29, 1.82) is 0 Å². The summed E-state index contributed by atoms with van der Waals surface area (Å²) < 4.78 is 49.0. The van der Waals surface area contributed by atoms with E-state index in [2.05, 4.69) is 19.5 Å². The smallest absolute Gasteiger partial charge is 0.466 e. The maximum Gasteiger partial charge on any atom is 0.573 e. The molecule has 0 aliphatic heterocycles. The van der Waals surface area contributed by atoms with Gasteiger partial charge < -0.3 is 19.5 Å². The van der Waals surface area contributed by atoms with Gasteiger partial charge in [0, 0.05) is 5.69 Å². The van der Waals surface area contributed by atoms with Crippen molar-refractivity contribution < 1.29 is 37.0 Å². The van der Waals surface area contributed by atoms with Crippen LogP contribution in [0.15, 0.2) is 30.0 Å². The first-order valence-corrected chi connectivity index (χ1v) is 6.24. The minimum atomic E-state index is -4.89. The second-order valence-electron chi connectivity index (χ2n) is 3.89. The molecule has 0 saturated heterocycles. The van der Waals surface area contributed by atoms with Crippen LogP contribution in [0.1, 0.15) is 0 Å². The van der Waals surface area contributed by atoms with Crippen molar-refractivity contribution in [2.75, 3.05) is 19.5 Å². The number of anilines is 1. The Kier molecular flexibility index (Phi) is 6.26. The molecule has 0 fully saturated rings. The number of esters is 2. The van der Waals surface area contributed by atoms with Crippen LogP contribution in [0.5, 0.6) is 5.75 Å². The van der Waals surface area contributed by atoms with Crippen molar-refractivity contribution in [3.8, 4) is 5.75 Å². The van der Waals surface area contributed by atoms with Crippen LogP contribution < -0.4 is 10.1 Å². The minimum Gasteiger partial charge on any atom is -0.466 e. The molecule has 6 nitrogen and oxygen atoms in total. The zero-order chi connectivity index (χ0) is 17.6. The maximum atomic E-state index is 12.1. The van der Waals surface area contributed by atoms with Gasteiger partial charge in [-0.1, -0.05) is 11.6 Å². The van der Waals surface area contributed by atoms with Gasteiger partial charge in [0.05, 0.1) is 25.3 Å². The number of benzene rings is 1. The molecule has 126 valence electrons. The molecule has 23 heavy (non-hydrogen) atoms. The summed E-state index contributed by atoms with van der Waals surface area (Å²) in [5.41, 5.74) is -0.162. The molecule has 0 bridgehead atoms. The Morgan fingerprint density at radius 2 is 1.87 bits per heavy atom. The van der Waals surface area contributed by atoms with E-state index in [1.807, 2.05) is 0 Å². The van der Waals surface area contributed by atoms with E-state index in [1.54, 1.807) is 0 Å². The highest BCUT2D eigenvalue weighted by molar-refractivity contribution is 6.32. The Balaban J connectivity index is 3.02. The van der Waals surface area contributed by atoms with E-state index < -0.39 is 24.1 Å². The molecule has 0 unspecified atom stereocenters. The first-order valence-electron chi connectivity index (χ1n) is 5.86. The minimum absolute atomic E-state index is 0.130. The van der Waals surface area contributed by atoms with Crippen molar-refractivity contribution in [3.05, 3.63) is 35.0 Å². The number of carbonyl (C=O) groups excluding carboxylic acids is 2. The third-order valence-electron chi connectivity index (χ3n) is 2.31. The Hall–Kier alpha value is -2.42. The molecule has 1 N–H and O–H groups in total. The largest absolute Gasteiger partial charge is 0.573 e. The fourth-order valence-corrected chi connectivity index (χ4v) is 1.59. The molecule has 0 spiro atoms. The molecule has 0 aliphatic carbocycles. The van der Waals surface area contributed by atoms with Crippen molar-refractivity contribution in [2.45, 2.75) is 6.36 Å². The fraction of sp³-hybridized carbons (Fsp3) is 0.231. The van der Waals surface area contributed by atoms with E-state index in [1.165, 1.54) is 6.07 Å². The second kappa shape index (κ2) is 7.73. The van der Waals surface area contributed by atoms with Crippen molar-refractivity contribution in [3.63, 3.8) is 0 Å². The fourth-order valence-electron chi connectivity index (χ4n) is 1.37. The first kappa shape index (κ1) is 18.6. The van der Waals surface area contributed by atoms with Crippen molar-refractivity contribution in [2.24, 2.45) is 0 Å². The van der Waals surface area contributed by atoms with E-state index in [0.29, 0.717) is 0 Å². The lowest BCUT2D eigenvalue weighted by atomic mass is 10.2. The number of rotatable bonds is 5. The van der Waals surface area contributed by atoms with E-state index in [0.717, 1.165) is 32.4 Å². The number of nitrogens with one attached hydrogen (secondary N) is 1. The van der Waals surface area contributed by atoms with Crippen LogP contribution in [-0.4, -0.2) is 32.5 Å². The quantitative estimate of drug-likeness (QED) is 0.648. The first-order chi connectivity index (χ1) is 10.7. The maximum absolute atomic E-state index is 12.1. The highest BCUT2D eigenvalue weighted by atomic mass is 35.5. The lowest BCUT2D eigenvalue weighted by molar-refractivity contribution is -0.274. The van der Waals surface area contributed by atoms with Crippen LogP contribution in [0.25, 0.3) is 0 Å². The van der Waals surface area contributed by atoms with Gasteiger partial charge in [-0.05, 0) is 18.2 Å². The SMILES string of the molecule is COC(=O)/C=C(/Nc1ccc(OC(F)(F)F)c(Cl)c1)C(=O)OC. The summed E-state index contributed by atoms with van der Waals surface area (Å²) >= 11 is 5.67. The summed E-state index contributed by atoms with van der Waals surface area (Å²) in [6.07, 6.45) is -4.07. The molecular formula is C13H11ClF3NO5. The van der Waals surface area contributed by atoms with E-state index in [4.69, 9.17) is 11.6 Å². The molecule has 1 rings (SSSR count). The number of hydrogen-bond acceptors (Lipinski definition) is 6. The van der Waals surface area contributed by atoms with Crippen LogP contribution in [0.3, 0.4) is 0 Å². The predicted octanol–water partition coefficient (Wildman–Crippen LogP) is 2.88. The average molecular weight is 354 g/mol. The van der Waals surface area contributed by atoms with Crippen molar-refractivity contribution in [1.82, 2.24) is 0 Å². The predicted molar refractivity (Wildman–Crippen MR) is 73.9 cm³/mol. The van der Waals surface area contributed by atoms with Crippen LogP contribution >= 0.6 is 11.6 Å². The van der Waals surface area contributed by atoms with Gasteiger partial charge in [-0.3, -0.25) is 0 Å². The van der Waals surface area contributed by atoms with Crippen molar-refractivity contribution >= 4 is 29.2 Å². The van der Waals surface area contributed by atoms with Gasteiger partial charge in [-0.25, -0.2) is 9.59 Å². The lowest BCUT2D eigenvalue weighted by Gasteiger charge is -2.13. The zero-order valence-corrected chi connectivity index (χ0v) is 12.6. The number of carbonyl (C=O) groups is 2. The Morgan fingerprint density at radius 1 is 1.22 bits per heavy atom. The van der Waals surface area contributed by atoms with E-state index >= 15 is 0 Å². The molecule has 0 saturated carbocycles. The van der Waals surface area contributed by atoms with Crippen LogP contribution in [0.4, 0.5) is 18.9 Å². The number of methoxy groups -OCH3 is 2. The summed E-state index contributed by atoms with van der Waals surface area (Å²) in [7, 11) is 2.19. The Morgan fingerprint density at radius 3 is 2.35 bits per heavy atom. The second-order valence-corrected chi connectivity index (χ2v) is 4.30. The van der Waals surface area contributed by atoms with Gasteiger partial charge in [0.25, 0.3) is 0 Å². The highest BCUT2D eigenvalue weighted by Gasteiger charge is 2.32. The molecule has 0 radical (unpaired) electrons. The number of alkyl halides is 3. The van der Waals surface area contributed by atoms with Gasteiger partial charge in [0.2, 0.25) is 0 Å². The Bertz CT molecular complexity index is 631. The van der Waals surface area contributed by atoms with Gasteiger partial charge >= 0.3 is 18.3 Å². The van der Waals surface area contributed by atoms with Gasteiger partial charge in [-0.2, -0.15) is 0 Å². The molecule has 0 aromatic heterocycles. The molecule has 0 heterocycles. The van der Waals surface area contributed by atoms with E-state index in [9.17, 15) is 22.8 Å². The van der Waals surface area contributed by atoms with E-state index in [-0.39, 0.29) is 16.4 Å². The monoisotopic (exact) mass is 353 g/mol. The summed E-state index contributed by atoms with van der Waals surface area (Å²) in [6.45, 7) is 0. The standard InChI is InChI=1S/C13H11ClF3NO5/c1-21-11(19)6-9(12(20)22-2)18-7-3-4-10(8(14)5-7)23-13(15,16)17/h3-6,18H,1-2H3/b9-6+. The van der Waals surface area contributed by atoms with Gasteiger partial charge in [0.15, 0.2) is 0 Å². The molecule has 1 aromatic rings. The average Bonchev–Trinajstić information content (AvgIpc) is 2.47. The lowest BCUT2D eigenvalue weighted by Crippen LogP contribution is -2.17. The van der Waals surface area contributed by atoms with Crippen LogP contribution in [0, 0.1) is 0 Å². The topological polar surface area (TPSA) is 73.9 Å². The summed E-state index contributed by atoms with van der Waals surface area (Å²) in [5, 5.41) is 2.14. The summed E-state index contributed by atoms with van der Waals surface area (Å²) in [5.74, 6) is -2.33. The third-order valence-corrected chi connectivity index (χ3v) is 2.60. The molecule has 0 aliphatic rings. The number of halogens is 4. The van der Waals surface area contributed by atoms with Crippen LogP contribution in [-0.2, 0) is 19.1 Å². The molecule has 1 aromatic carbocycles. The Labute approximate surface area is 133 Å². The molecule has 0 amide bonds.